The predicted molar refractivity (Wildman–Crippen MR) is 136 cm³/mol. The molecule has 0 aliphatic rings. The molecule has 0 aliphatic carbocycles. The van der Waals surface area contributed by atoms with Crippen molar-refractivity contribution in [2.75, 3.05) is 17.2 Å². The molecule has 0 amide bonds. The molecule has 0 atom stereocenters. The number of aryl methyl sites for hydroxylation is 1. The van der Waals surface area contributed by atoms with E-state index in [0.29, 0.717) is 0 Å². The lowest BCUT2D eigenvalue weighted by atomic mass is 10.0. The van der Waals surface area contributed by atoms with Gasteiger partial charge in [-0.2, -0.15) is 0 Å². The quantitative estimate of drug-likeness (QED) is 0.270. The van der Waals surface area contributed by atoms with Gasteiger partial charge < -0.3 is 15.6 Å². The van der Waals surface area contributed by atoms with Crippen LogP contribution in [0.15, 0.2) is 91.6 Å². The van der Waals surface area contributed by atoms with Gasteiger partial charge in [0.15, 0.2) is 0 Å². The summed E-state index contributed by atoms with van der Waals surface area (Å²) in [7, 11) is 0. The molecule has 0 saturated carbocycles. The van der Waals surface area contributed by atoms with E-state index in [1.807, 2.05) is 30.9 Å². The number of H-pyrrole nitrogens is 1. The third kappa shape index (κ3) is 4.88. The summed E-state index contributed by atoms with van der Waals surface area (Å²) < 4.78 is 0. The smallest absolute Gasteiger partial charge is 0.0456 e. The minimum atomic E-state index is 0.817. The van der Waals surface area contributed by atoms with Crippen LogP contribution in [0.25, 0.3) is 10.9 Å². The molecule has 33 heavy (non-hydrogen) atoms. The zero-order valence-electron chi connectivity index (χ0n) is 18.7. The first-order valence-electron chi connectivity index (χ1n) is 11.2. The molecular formula is C28H27N5. The van der Waals surface area contributed by atoms with Crippen molar-refractivity contribution in [3.63, 3.8) is 0 Å². The Kier molecular flexibility index (Phi) is 6.02. The van der Waals surface area contributed by atoms with Gasteiger partial charge in [0.2, 0.25) is 0 Å². The van der Waals surface area contributed by atoms with Crippen molar-refractivity contribution in [3.8, 4) is 0 Å². The van der Waals surface area contributed by atoms with Crippen molar-refractivity contribution in [2.24, 2.45) is 0 Å². The Balaban J connectivity index is 1.21. The molecule has 5 aromatic rings. The van der Waals surface area contributed by atoms with E-state index in [1.165, 1.54) is 27.6 Å². The largest absolute Gasteiger partial charge is 0.385 e. The molecule has 3 aromatic heterocycles. The van der Waals surface area contributed by atoms with Gasteiger partial charge in [0.1, 0.15) is 0 Å². The van der Waals surface area contributed by atoms with Crippen LogP contribution in [0.2, 0.25) is 0 Å². The van der Waals surface area contributed by atoms with Crippen molar-refractivity contribution < 1.29 is 0 Å². The minimum Gasteiger partial charge on any atom is -0.385 e. The average Bonchev–Trinajstić information content (AvgIpc) is 3.26. The van der Waals surface area contributed by atoms with Crippen molar-refractivity contribution >= 4 is 28.0 Å². The topological polar surface area (TPSA) is 65.6 Å². The molecule has 0 bridgehead atoms. The molecule has 164 valence electrons. The van der Waals surface area contributed by atoms with Gasteiger partial charge >= 0.3 is 0 Å². The summed E-state index contributed by atoms with van der Waals surface area (Å²) >= 11 is 0. The first-order chi connectivity index (χ1) is 16.3. The second-order valence-electron chi connectivity index (χ2n) is 8.25. The highest BCUT2D eigenvalue weighted by atomic mass is 14.9. The molecule has 0 saturated heterocycles. The highest BCUT2D eigenvalue weighted by molar-refractivity contribution is 5.83. The third-order valence-corrected chi connectivity index (χ3v) is 5.98. The van der Waals surface area contributed by atoms with Crippen LogP contribution in [-0.4, -0.2) is 21.5 Å². The third-order valence-electron chi connectivity index (χ3n) is 5.98. The number of benzene rings is 2. The van der Waals surface area contributed by atoms with Gasteiger partial charge in [-0.1, -0.05) is 18.2 Å². The molecule has 5 heteroatoms. The summed E-state index contributed by atoms with van der Waals surface area (Å²) in [4.78, 5) is 11.9. The number of para-hydroxylation sites is 1. The molecule has 0 fully saturated rings. The number of nitrogens with zero attached hydrogens (tertiary/aromatic N) is 2. The van der Waals surface area contributed by atoms with Crippen molar-refractivity contribution in [2.45, 2.75) is 19.8 Å². The summed E-state index contributed by atoms with van der Waals surface area (Å²) in [6, 6.07) is 21.0. The lowest BCUT2D eigenvalue weighted by molar-refractivity contribution is 1.03. The average molecular weight is 434 g/mol. The lowest BCUT2D eigenvalue weighted by Gasteiger charge is -2.13. The van der Waals surface area contributed by atoms with E-state index in [4.69, 9.17) is 0 Å². The second kappa shape index (κ2) is 9.57. The van der Waals surface area contributed by atoms with Gasteiger partial charge in [-0.25, -0.2) is 0 Å². The standard InChI is InChI=1S/C28H27N5/c1-20-17-29-13-10-21(20)16-23-18-30-14-12-27(23)33-25-8-6-24(7-9-25)31-15-11-22-19-32-28-5-3-2-4-26(22)28/h2-10,12-14,17-19,31-32H,11,15-16H2,1H3,(H,30,33). The number of aromatic nitrogens is 3. The Morgan fingerprint density at radius 1 is 0.788 bits per heavy atom. The number of aromatic amines is 1. The zero-order valence-corrected chi connectivity index (χ0v) is 18.7. The van der Waals surface area contributed by atoms with Crippen LogP contribution < -0.4 is 10.6 Å². The highest BCUT2D eigenvalue weighted by Gasteiger charge is 2.07. The number of fused-ring (bicyclic) bond motifs is 1. The van der Waals surface area contributed by atoms with Crippen LogP contribution in [0.3, 0.4) is 0 Å². The first-order valence-corrected chi connectivity index (χ1v) is 11.2. The molecule has 3 N–H and O–H groups in total. The van der Waals surface area contributed by atoms with Crippen LogP contribution >= 0.6 is 0 Å². The van der Waals surface area contributed by atoms with E-state index in [-0.39, 0.29) is 0 Å². The van der Waals surface area contributed by atoms with Crippen molar-refractivity contribution in [3.05, 3.63) is 114 Å². The first kappa shape index (κ1) is 20.8. The van der Waals surface area contributed by atoms with E-state index in [1.54, 1.807) is 0 Å². The summed E-state index contributed by atoms with van der Waals surface area (Å²) in [6.07, 6.45) is 11.4. The predicted octanol–water partition coefficient (Wildman–Crippen LogP) is 6.26. The number of nitrogens with one attached hydrogen (secondary N) is 3. The molecule has 2 aromatic carbocycles. The van der Waals surface area contributed by atoms with Gasteiger partial charge in [0.25, 0.3) is 0 Å². The van der Waals surface area contributed by atoms with Crippen LogP contribution in [0.1, 0.15) is 22.3 Å². The molecule has 0 unspecified atom stereocenters. The summed E-state index contributed by atoms with van der Waals surface area (Å²) in [5, 5.41) is 8.38. The lowest BCUT2D eigenvalue weighted by Crippen LogP contribution is -2.04. The van der Waals surface area contributed by atoms with Crippen LogP contribution in [0.4, 0.5) is 17.1 Å². The van der Waals surface area contributed by atoms with E-state index in [2.05, 4.69) is 93.3 Å². The number of rotatable bonds is 8. The molecule has 5 rings (SSSR count). The highest BCUT2D eigenvalue weighted by Crippen LogP contribution is 2.25. The zero-order chi connectivity index (χ0) is 22.5. The summed E-state index contributed by atoms with van der Waals surface area (Å²) in [5.41, 5.74) is 9.38. The molecule has 0 radical (unpaired) electrons. The van der Waals surface area contributed by atoms with E-state index in [9.17, 15) is 0 Å². The van der Waals surface area contributed by atoms with Gasteiger partial charge in [-0.3, -0.25) is 9.97 Å². The Bertz CT molecular complexity index is 1350. The minimum absolute atomic E-state index is 0.817. The van der Waals surface area contributed by atoms with E-state index in [0.717, 1.165) is 42.0 Å². The van der Waals surface area contributed by atoms with Crippen molar-refractivity contribution in [1.82, 2.24) is 15.0 Å². The summed E-state index contributed by atoms with van der Waals surface area (Å²) in [5.74, 6) is 0. The molecule has 3 heterocycles. The van der Waals surface area contributed by atoms with E-state index >= 15 is 0 Å². The fraction of sp³-hybridized carbons (Fsp3) is 0.143. The second-order valence-corrected chi connectivity index (χ2v) is 8.25. The van der Waals surface area contributed by atoms with Gasteiger partial charge in [-0.05, 0) is 78.1 Å². The van der Waals surface area contributed by atoms with Gasteiger partial charge in [-0.15, -0.1) is 0 Å². The maximum absolute atomic E-state index is 4.33. The Morgan fingerprint density at radius 3 is 2.45 bits per heavy atom. The normalized spacial score (nSPS) is 10.9. The molecular weight excluding hydrogens is 406 g/mol. The number of hydrogen-bond acceptors (Lipinski definition) is 4. The molecule has 5 nitrogen and oxygen atoms in total. The van der Waals surface area contributed by atoms with Crippen molar-refractivity contribution in [1.29, 1.82) is 0 Å². The Morgan fingerprint density at radius 2 is 1.58 bits per heavy atom. The van der Waals surface area contributed by atoms with Crippen LogP contribution in [0, 0.1) is 6.92 Å². The van der Waals surface area contributed by atoms with Gasteiger partial charge in [0.05, 0.1) is 0 Å². The molecule has 0 spiro atoms. The number of anilines is 3. The SMILES string of the molecule is Cc1cnccc1Cc1cnccc1Nc1ccc(NCCc2c[nH]c3ccccc23)cc1. The maximum atomic E-state index is 4.33. The number of pyridine rings is 2. The summed E-state index contributed by atoms with van der Waals surface area (Å²) in [6.45, 7) is 2.98. The maximum Gasteiger partial charge on any atom is 0.0456 e. The Hall–Kier alpha value is -4.12. The van der Waals surface area contributed by atoms with E-state index < -0.39 is 0 Å². The Labute approximate surface area is 193 Å². The monoisotopic (exact) mass is 433 g/mol. The fourth-order valence-corrected chi connectivity index (χ4v) is 4.10. The van der Waals surface area contributed by atoms with Crippen LogP contribution in [-0.2, 0) is 12.8 Å². The fourth-order valence-electron chi connectivity index (χ4n) is 4.10. The number of hydrogen-bond donors (Lipinski definition) is 3. The molecule has 0 aliphatic heterocycles. The van der Waals surface area contributed by atoms with Gasteiger partial charge in [0, 0.05) is 71.9 Å². The van der Waals surface area contributed by atoms with Crippen LogP contribution in [0.5, 0.6) is 0 Å².